The molecular weight excluding hydrogens is 339 g/mol. The maximum Gasteiger partial charge on any atom is 1.00 e. The van der Waals surface area contributed by atoms with Gasteiger partial charge >= 0.3 is 51.4 Å². The van der Waals surface area contributed by atoms with Crippen LogP contribution in [0.4, 0.5) is 0 Å². The number of H-pyrrole nitrogens is 1. The van der Waals surface area contributed by atoms with Gasteiger partial charge in [0.2, 0.25) is 5.72 Å². The van der Waals surface area contributed by atoms with E-state index in [9.17, 15) is 24.9 Å². The third kappa shape index (κ3) is 2.59. The Bertz CT molecular complexity index is 792. The van der Waals surface area contributed by atoms with Crippen LogP contribution in [0.3, 0.4) is 0 Å². The van der Waals surface area contributed by atoms with Gasteiger partial charge in [0.15, 0.2) is 11.2 Å². The summed E-state index contributed by atoms with van der Waals surface area (Å²) in [4.78, 5) is 33.0. The van der Waals surface area contributed by atoms with Gasteiger partial charge in [-0.25, -0.2) is 9.97 Å². The number of aliphatic carboxylic acids is 1. The number of fused-ring (bicyclic) bond motifs is 1. The molecule has 2 aromatic heterocycles. The smallest absolute Gasteiger partial charge is 0.545 e. The van der Waals surface area contributed by atoms with E-state index in [1.807, 2.05) is 0 Å². The van der Waals surface area contributed by atoms with Crippen molar-refractivity contribution in [3.63, 3.8) is 0 Å². The minimum absolute atomic E-state index is 0. The maximum absolute atomic E-state index is 11.6. The predicted molar refractivity (Wildman–Crippen MR) is 65.1 cm³/mol. The van der Waals surface area contributed by atoms with Crippen molar-refractivity contribution in [2.45, 2.75) is 24.0 Å². The summed E-state index contributed by atoms with van der Waals surface area (Å²) < 4.78 is 5.92. The number of carboxylic acid groups (broad SMARTS) is 1. The Morgan fingerprint density at radius 1 is 1.48 bits per heavy atom. The molecule has 1 aliphatic heterocycles. The van der Waals surface area contributed by atoms with Gasteiger partial charge in [-0.05, 0) is 0 Å². The molecule has 4 N–H and O–H groups in total. The average Bonchev–Trinajstić information content (AvgIpc) is 3.02. The van der Waals surface area contributed by atoms with E-state index in [-0.39, 0.29) is 62.5 Å². The van der Waals surface area contributed by atoms with Crippen molar-refractivity contribution in [3.05, 3.63) is 23.0 Å². The van der Waals surface area contributed by atoms with Crippen molar-refractivity contribution in [3.8, 4) is 0 Å². The summed E-state index contributed by atoms with van der Waals surface area (Å²) >= 11 is 0. The van der Waals surface area contributed by atoms with Crippen LogP contribution in [0.15, 0.2) is 17.4 Å². The van der Waals surface area contributed by atoms with Crippen molar-refractivity contribution < 1.29 is 81.3 Å². The van der Waals surface area contributed by atoms with Crippen LogP contribution >= 0.6 is 0 Å². The number of hydrogen-bond donors (Lipinski definition) is 4. The van der Waals surface area contributed by atoms with Crippen molar-refractivity contribution in [1.82, 2.24) is 19.5 Å². The third-order valence-electron chi connectivity index (χ3n) is 3.61. The molecule has 3 heterocycles. The zero-order chi connectivity index (χ0) is 16.1. The van der Waals surface area contributed by atoms with Gasteiger partial charge in [-0.1, -0.05) is 0 Å². The number of carbonyl (C=O) groups excluding carboxylic acids is 1. The number of nitrogens with one attached hydrogen (secondary N) is 1. The number of hydrogen-bond acceptors (Lipinski definition) is 9. The Hall–Kier alpha value is -0.704. The summed E-state index contributed by atoms with van der Waals surface area (Å²) in [6.45, 7) is -0.728. The SMILES string of the molecule is O=C([O-])[C@@]1(n2cnc3c(=O)[nH]cnc32)O[C@H](CO)[C@@H](O)[C@H]1O.[K+]. The zero-order valence-electron chi connectivity index (χ0n) is 11.9. The second-order valence-electron chi connectivity index (χ2n) is 4.78. The number of aliphatic hydroxyl groups excluding tert-OH is 3. The quantitative estimate of drug-likeness (QED) is 0.392. The van der Waals surface area contributed by atoms with Gasteiger partial charge in [-0.15, -0.1) is 0 Å². The van der Waals surface area contributed by atoms with Crippen LogP contribution in [-0.4, -0.2) is 65.7 Å². The summed E-state index contributed by atoms with van der Waals surface area (Å²) in [6.07, 6.45) is -3.05. The molecule has 0 spiro atoms. The molecule has 0 amide bonds. The number of carboxylic acids is 1. The fourth-order valence-electron chi connectivity index (χ4n) is 2.51. The number of rotatable bonds is 3. The molecule has 0 aromatic carbocycles. The van der Waals surface area contributed by atoms with Gasteiger partial charge in [0.05, 0.1) is 18.9 Å². The molecule has 0 bridgehead atoms. The van der Waals surface area contributed by atoms with Gasteiger partial charge in [0.25, 0.3) is 5.56 Å². The van der Waals surface area contributed by atoms with Gasteiger partial charge in [0.1, 0.15) is 24.6 Å². The standard InChI is InChI=1S/C11H12N4O7.K/c16-1-4-6(17)7(18)11(22-4,10(20)21)15-3-14-5-8(15)12-2-13-9(5)19;/h2-4,6-7,16-18H,1H2,(H,20,21)(H,12,13,19);/q;+1/p-1/t4-,6-,7-,11+;/m1./s1. The van der Waals surface area contributed by atoms with Crippen LogP contribution in [0.5, 0.6) is 0 Å². The van der Waals surface area contributed by atoms with Crippen molar-refractivity contribution in [2.75, 3.05) is 6.61 Å². The summed E-state index contributed by atoms with van der Waals surface area (Å²) in [5, 5.41) is 40.7. The van der Waals surface area contributed by atoms with E-state index in [0.29, 0.717) is 0 Å². The van der Waals surface area contributed by atoms with Gasteiger partial charge in [0, 0.05) is 0 Å². The first-order valence-electron chi connectivity index (χ1n) is 6.21. The zero-order valence-corrected chi connectivity index (χ0v) is 15.0. The Morgan fingerprint density at radius 2 is 2.17 bits per heavy atom. The monoisotopic (exact) mass is 350 g/mol. The first kappa shape index (κ1) is 18.6. The molecule has 1 saturated heterocycles. The average molecular weight is 350 g/mol. The fourth-order valence-corrected chi connectivity index (χ4v) is 2.51. The number of carbonyl (C=O) groups is 1. The predicted octanol–water partition coefficient (Wildman–Crippen LogP) is -7.36. The Morgan fingerprint density at radius 3 is 2.74 bits per heavy atom. The Labute approximate surface area is 170 Å². The van der Waals surface area contributed by atoms with E-state index < -0.39 is 42.2 Å². The van der Waals surface area contributed by atoms with Crippen LogP contribution < -0.4 is 62.1 Å². The Kier molecular flexibility index (Phi) is 5.39. The minimum Gasteiger partial charge on any atom is -0.545 e. The number of aromatic amines is 1. The first-order chi connectivity index (χ1) is 10.4. The molecule has 3 rings (SSSR count). The third-order valence-corrected chi connectivity index (χ3v) is 3.61. The second-order valence-corrected chi connectivity index (χ2v) is 4.78. The maximum atomic E-state index is 11.6. The second kappa shape index (κ2) is 6.66. The minimum atomic E-state index is -2.57. The molecule has 2 aromatic rings. The fraction of sp³-hybridized carbons (Fsp3) is 0.455. The summed E-state index contributed by atoms with van der Waals surface area (Å²) in [7, 11) is 0. The van der Waals surface area contributed by atoms with E-state index in [1.54, 1.807) is 0 Å². The molecule has 11 nitrogen and oxygen atoms in total. The van der Waals surface area contributed by atoms with Gasteiger partial charge < -0.3 is 34.9 Å². The number of aliphatic hydroxyl groups is 3. The van der Waals surface area contributed by atoms with Gasteiger partial charge in [-0.3, -0.25) is 9.36 Å². The number of imidazole rings is 1. The van der Waals surface area contributed by atoms with Crippen molar-refractivity contribution >= 4 is 17.1 Å². The van der Waals surface area contributed by atoms with Crippen LogP contribution in [0.25, 0.3) is 11.2 Å². The summed E-state index contributed by atoms with van der Waals surface area (Å²) in [6, 6.07) is 0. The van der Waals surface area contributed by atoms with Crippen molar-refractivity contribution in [2.24, 2.45) is 0 Å². The molecular formula is C11H11KN4O7. The van der Waals surface area contributed by atoms with E-state index in [2.05, 4.69) is 15.0 Å². The number of aromatic nitrogens is 4. The number of ether oxygens (including phenoxy) is 1. The molecule has 0 saturated carbocycles. The van der Waals surface area contributed by atoms with Crippen LogP contribution in [-0.2, 0) is 15.3 Å². The van der Waals surface area contributed by atoms with Crippen LogP contribution in [0.1, 0.15) is 0 Å². The van der Waals surface area contributed by atoms with Crippen LogP contribution in [0.2, 0.25) is 0 Å². The van der Waals surface area contributed by atoms with E-state index >= 15 is 0 Å². The molecule has 23 heavy (non-hydrogen) atoms. The molecule has 12 heteroatoms. The van der Waals surface area contributed by atoms with E-state index in [0.717, 1.165) is 17.2 Å². The molecule has 118 valence electrons. The molecule has 0 radical (unpaired) electrons. The molecule has 1 aliphatic rings. The summed E-state index contributed by atoms with van der Waals surface area (Å²) in [5.41, 5.74) is -3.55. The van der Waals surface area contributed by atoms with E-state index in [1.165, 1.54) is 0 Å². The molecule has 0 aliphatic carbocycles. The van der Waals surface area contributed by atoms with E-state index in [4.69, 9.17) is 9.84 Å². The van der Waals surface area contributed by atoms with Crippen molar-refractivity contribution in [1.29, 1.82) is 0 Å². The number of nitrogens with zero attached hydrogens (tertiary/aromatic N) is 3. The molecule has 0 unspecified atom stereocenters. The summed E-state index contributed by atoms with van der Waals surface area (Å²) in [5.74, 6) is -1.88. The molecule has 1 fully saturated rings. The normalized spacial score (nSPS) is 30.3. The van der Waals surface area contributed by atoms with Crippen LogP contribution in [0, 0.1) is 0 Å². The topological polar surface area (TPSA) is 174 Å². The Balaban J connectivity index is 0.00000192. The largest absolute Gasteiger partial charge is 1.00 e. The van der Waals surface area contributed by atoms with Gasteiger partial charge in [-0.2, -0.15) is 0 Å². The first-order valence-corrected chi connectivity index (χ1v) is 6.21. The molecule has 4 atom stereocenters.